The number of nitrogens with one attached hydrogen (secondary N) is 1. The molecule has 0 bridgehead atoms. The van der Waals surface area contributed by atoms with Gasteiger partial charge in [0.05, 0.1) is 5.56 Å². The molecule has 4 heteroatoms. The molecule has 1 saturated heterocycles. The molecule has 100 valence electrons. The summed E-state index contributed by atoms with van der Waals surface area (Å²) in [5, 5.41) is 3.26. The van der Waals surface area contributed by atoms with Crippen LogP contribution in [-0.4, -0.2) is 13.1 Å². The summed E-state index contributed by atoms with van der Waals surface area (Å²) in [5.74, 6) is 0.773. The molecular weight excluding hydrogens is 239 g/mol. The minimum Gasteiger partial charge on any atom is -0.316 e. The average molecular weight is 257 g/mol. The molecule has 18 heavy (non-hydrogen) atoms. The Labute approximate surface area is 105 Å². The first-order valence-corrected chi connectivity index (χ1v) is 6.34. The molecule has 1 aromatic carbocycles. The van der Waals surface area contributed by atoms with Crippen molar-refractivity contribution in [3.63, 3.8) is 0 Å². The largest absolute Gasteiger partial charge is 0.416 e. The number of halogens is 3. The molecule has 0 aromatic heterocycles. The molecule has 0 saturated carbocycles. The summed E-state index contributed by atoms with van der Waals surface area (Å²) in [6.45, 7) is 3.91. The molecule has 2 atom stereocenters. The van der Waals surface area contributed by atoms with Crippen molar-refractivity contribution in [3.8, 4) is 0 Å². The highest BCUT2D eigenvalue weighted by atomic mass is 19.4. The fraction of sp³-hybridized carbons (Fsp3) is 0.571. The molecule has 0 amide bonds. The molecule has 1 heterocycles. The second kappa shape index (κ2) is 5.31. The molecule has 1 aromatic rings. The van der Waals surface area contributed by atoms with Crippen LogP contribution in [0.2, 0.25) is 0 Å². The number of hydrogen-bond donors (Lipinski definition) is 1. The van der Waals surface area contributed by atoms with Crippen molar-refractivity contribution in [2.24, 2.45) is 11.8 Å². The summed E-state index contributed by atoms with van der Waals surface area (Å²) < 4.78 is 38.7. The van der Waals surface area contributed by atoms with Crippen LogP contribution in [-0.2, 0) is 12.6 Å². The lowest BCUT2D eigenvalue weighted by Crippen LogP contribution is -2.36. The van der Waals surface area contributed by atoms with Gasteiger partial charge in [-0.2, -0.15) is 13.2 Å². The summed E-state index contributed by atoms with van der Waals surface area (Å²) in [6, 6.07) is 5.92. The maximum Gasteiger partial charge on any atom is 0.416 e. The third-order valence-corrected chi connectivity index (χ3v) is 3.79. The van der Waals surface area contributed by atoms with E-state index in [0.717, 1.165) is 19.5 Å². The Hall–Kier alpha value is -1.03. The molecule has 0 radical (unpaired) electrons. The third-order valence-electron chi connectivity index (χ3n) is 3.79. The summed E-state index contributed by atoms with van der Waals surface area (Å²) in [4.78, 5) is 0. The number of rotatable bonds is 2. The van der Waals surface area contributed by atoms with Gasteiger partial charge in [0.2, 0.25) is 0 Å². The molecule has 2 unspecified atom stereocenters. The molecule has 0 spiro atoms. The predicted octanol–water partition coefficient (Wildman–Crippen LogP) is 3.49. The van der Waals surface area contributed by atoms with Crippen molar-refractivity contribution in [1.29, 1.82) is 0 Å². The van der Waals surface area contributed by atoms with Crippen LogP contribution in [0.1, 0.15) is 24.5 Å². The molecule has 1 nitrogen and oxygen atoms in total. The van der Waals surface area contributed by atoms with Crippen LogP contribution in [0.3, 0.4) is 0 Å². The molecule has 0 aliphatic carbocycles. The van der Waals surface area contributed by atoms with Gasteiger partial charge in [-0.05, 0) is 49.4 Å². The lowest BCUT2D eigenvalue weighted by Gasteiger charge is -2.30. The molecule has 1 aliphatic rings. The quantitative estimate of drug-likeness (QED) is 0.855. The first-order valence-electron chi connectivity index (χ1n) is 6.34. The van der Waals surface area contributed by atoms with Gasteiger partial charge < -0.3 is 5.32 Å². The van der Waals surface area contributed by atoms with Gasteiger partial charge in [-0.25, -0.2) is 0 Å². The lowest BCUT2D eigenvalue weighted by molar-refractivity contribution is -0.138. The van der Waals surface area contributed by atoms with Crippen molar-refractivity contribution in [1.82, 2.24) is 5.32 Å². The van der Waals surface area contributed by atoms with E-state index >= 15 is 0 Å². The van der Waals surface area contributed by atoms with Crippen LogP contribution in [0.15, 0.2) is 24.3 Å². The highest BCUT2D eigenvalue weighted by Gasteiger charge is 2.34. The zero-order valence-corrected chi connectivity index (χ0v) is 10.4. The van der Waals surface area contributed by atoms with E-state index in [-0.39, 0.29) is 0 Å². The second-order valence-electron chi connectivity index (χ2n) is 5.09. The van der Waals surface area contributed by atoms with Gasteiger partial charge in [0, 0.05) is 0 Å². The van der Waals surface area contributed by atoms with Crippen molar-refractivity contribution in [2.45, 2.75) is 25.9 Å². The number of alkyl halides is 3. The van der Waals surface area contributed by atoms with Gasteiger partial charge in [-0.15, -0.1) is 0 Å². The summed E-state index contributed by atoms with van der Waals surface area (Å²) >= 11 is 0. The van der Waals surface area contributed by atoms with Gasteiger partial charge in [-0.3, -0.25) is 0 Å². The standard InChI is InChI=1S/C14H18F3N/c1-10-6-7-18-9-12(10)8-11-4-2-3-5-13(11)14(15,16)17/h2-5,10,12,18H,6-9H2,1H3. The Morgan fingerprint density at radius 1 is 1.28 bits per heavy atom. The van der Waals surface area contributed by atoms with Crippen molar-refractivity contribution in [2.75, 3.05) is 13.1 Å². The normalized spacial score (nSPS) is 25.1. The van der Waals surface area contributed by atoms with Crippen LogP contribution in [0.4, 0.5) is 13.2 Å². The monoisotopic (exact) mass is 257 g/mol. The van der Waals surface area contributed by atoms with Gasteiger partial charge in [-0.1, -0.05) is 25.1 Å². The average Bonchev–Trinajstić information content (AvgIpc) is 2.31. The van der Waals surface area contributed by atoms with E-state index in [9.17, 15) is 13.2 Å². The number of piperidine rings is 1. The van der Waals surface area contributed by atoms with Gasteiger partial charge in [0.25, 0.3) is 0 Å². The van der Waals surface area contributed by atoms with Gasteiger partial charge in [0.1, 0.15) is 0 Å². The Balaban J connectivity index is 2.18. The number of hydrogen-bond acceptors (Lipinski definition) is 1. The van der Waals surface area contributed by atoms with Crippen molar-refractivity contribution < 1.29 is 13.2 Å². The summed E-state index contributed by atoms with van der Waals surface area (Å²) in [5.41, 5.74) is -0.0617. The maximum atomic E-state index is 12.9. The number of benzene rings is 1. The summed E-state index contributed by atoms with van der Waals surface area (Å²) in [7, 11) is 0. The first-order chi connectivity index (χ1) is 8.48. The Bertz CT molecular complexity index is 400. The topological polar surface area (TPSA) is 12.0 Å². The molecule has 2 rings (SSSR count). The SMILES string of the molecule is CC1CCNCC1Cc1ccccc1C(F)(F)F. The fourth-order valence-corrected chi connectivity index (χ4v) is 2.58. The Morgan fingerprint density at radius 2 is 2.00 bits per heavy atom. The van der Waals surface area contributed by atoms with E-state index < -0.39 is 11.7 Å². The van der Waals surface area contributed by atoms with Gasteiger partial charge >= 0.3 is 6.18 Å². The summed E-state index contributed by atoms with van der Waals surface area (Å²) in [6.07, 6.45) is -2.70. The highest BCUT2D eigenvalue weighted by molar-refractivity contribution is 5.30. The second-order valence-corrected chi connectivity index (χ2v) is 5.09. The predicted molar refractivity (Wildman–Crippen MR) is 65.3 cm³/mol. The van der Waals surface area contributed by atoms with E-state index in [1.54, 1.807) is 12.1 Å². The van der Waals surface area contributed by atoms with E-state index in [4.69, 9.17) is 0 Å². The van der Waals surface area contributed by atoms with E-state index in [1.165, 1.54) is 12.1 Å². The lowest BCUT2D eigenvalue weighted by atomic mass is 9.82. The molecule has 1 fully saturated rings. The smallest absolute Gasteiger partial charge is 0.316 e. The Kier molecular flexibility index (Phi) is 3.95. The minimum absolute atomic E-state index is 0.294. The van der Waals surface area contributed by atoms with E-state index in [0.29, 0.717) is 23.8 Å². The van der Waals surface area contributed by atoms with Crippen molar-refractivity contribution in [3.05, 3.63) is 35.4 Å². The first kappa shape index (κ1) is 13.4. The van der Waals surface area contributed by atoms with Crippen LogP contribution in [0.5, 0.6) is 0 Å². The van der Waals surface area contributed by atoms with E-state index in [2.05, 4.69) is 12.2 Å². The highest BCUT2D eigenvalue weighted by Crippen LogP contribution is 2.34. The van der Waals surface area contributed by atoms with E-state index in [1.807, 2.05) is 0 Å². The van der Waals surface area contributed by atoms with Crippen LogP contribution >= 0.6 is 0 Å². The minimum atomic E-state index is -4.25. The van der Waals surface area contributed by atoms with Gasteiger partial charge in [0.15, 0.2) is 0 Å². The zero-order valence-electron chi connectivity index (χ0n) is 10.4. The molecule has 1 N–H and O–H groups in total. The Morgan fingerprint density at radius 3 is 2.67 bits per heavy atom. The van der Waals surface area contributed by atoms with Crippen LogP contribution < -0.4 is 5.32 Å². The van der Waals surface area contributed by atoms with Crippen LogP contribution in [0.25, 0.3) is 0 Å². The zero-order chi connectivity index (χ0) is 13.2. The van der Waals surface area contributed by atoms with Crippen LogP contribution in [0, 0.1) is 11.8 Å². The molecule has 1 aliphatic heterocycles. The molecular formula is C14H18F3N. The maximum absolute atomic E-state index is 12.9. The van der Waals surface area contributed by atoms with Crippen molar-refractivity contribution >= 4 is 0 Å². The fourth-order valence-electron chi connectivity index (χ4n) is 2.58. The third kappa shape index (κ3) is 3.05.